The van der Waals surface area contributed by atoms with E-state index in [4.69, 9.17) is 18.5 Å². The lowest BCUT2D eigenvalue weighted by molar-refractivity contribution is -0.220. The Morgan fingerprint density at radius 2 is 0.949 bits per heavy atom. The maximum atomic E-state index is 12.8. The summed E-state index contributed by atoms with van der Waals surface area (Å²) in [7, 11) is -5.13. The minimum atomic E-state index is -5.13. The molecule has 1 rings (SSSR count). The summed E-state index contributed by atoms with van der Waals surface area (Å²) in [6, 6.07) is 0. The molecule has 0 bridgehead atoms. The normalized spacial score (nSPS) is 22.9. The fraction of sp³-hybridized carbons (Fsp3) is 0.733. The van der Waals surface area contributed by atoms with Gasteiger partial charge < -0.3 is 39.9 Å². The highest BCUT2D eigenvalue weighted by Gasteiger charge is 2.51. The van der Waals surface area contributed by atoms with Crippen molar-refractivity contribution < 1.29 is 63.1 Å². The number of hydrogen-bond acceptors (Lipinski definition) is 12. The Morgan fingerprint density at radius 3 is 1.46 bits per heavy atom. The van der Waals surface area contributed by atoms with Gasteiger partial charge in [0.25, 0.3) is 0 Å². The Hall–Kier alpha value is -2.45. The molecule has 0 heterocycles. The van der Waals surface area contributed by atoms with Crippen LogP contribution in [0.2, 0.25) is 0 Å². The fourth-order valence-corrected chi connectivity index (χ4v) is 7.24. The standard InChI is InChI=1S/C45H77O13P/c1-3-5-7-9-11-13-15-16-17-18-19-20-21-22-24-25-27-29-31-33-38(46)55-35-37(57-39(47)34-32-30-28-26-23-14-12-10-8-6-4-2)36-56-59(53,54)58-45-43(51)41(49)40(48)42(50)44(45)52/h11,13,16-17,19-20,22,24,27,29,37,40-45,48-52H,3-10,12,14-15,18,21,23,25-26,28,30-36H2,1-2H3,(H,53,54)/b13-11+,17-16+,20-19+,24-22+,29-27+/t37-,40?,41-,42?,43?,44?,45?/m1/s1. The van der Waals surface area contributed by atoms with Crippen molar-refractivity contribution in [1.82, 2.24) is 0 Å². The second-order valence-electron chi connectivity index (χ2n) is 15.2. The van der Waals surface area contributed by atoms with Crippen molar-refractivity contribution in [3.8, 4) is 0 Å². The first-order valence-corrected chi connectivity index (χ1v) is 23.6. The SMILES string of the molecule is CCCCC/C=C/C/C=C/C/C=C/C/C=C/C/C=C/CCC(=O)OC[C@H](COP(=O)(O)OC1C(O)C(O)C(O)[C@@H](O)C1O)OC(=O)CCCCCCCCCCCCC. The summed E-state index contributed by atoms with van der Waals surface area (Å²) in [6.45, 7) is 3.17. The van der Waals surface area contributed by atoms with Crippen LogP contribution in [0.15, 0.2) is 60.8 Å². The third-order valence-corrected chi connectivity index (χ3v) is 10.9. The van der Waals surface area contributed by atoms with Gasteiger partial charge in [-0.25, -0.2) is 4.57 Å². The summed E-state index contributed by atoms with van der Waals surface area (Å²) in [6.07, 6.45) is 28.7. The molecular weight excluding hydrogens is 779 g/mol. The maximum absolute atomic E-state index is 12.8. The molecule has 0 saturated heterocycles. The molecule has 0 aromatic carbocycles. The Bertz CT molecular complexity index is 1270. The topological polar surface area (TPSA) is 210 Å². The minimum absolute atomic E-state index is 0.0426. The molecule has 13 nitrogen and oxygen atoms in total. The molecule has 14 heteroatoms. The zero-order chi connectivity index (χ0) is 43.6. The summed E-state index contributed by atoms with van der Waals surface area (Å²) in [5.41, 5.74) is 0. The summed E-state index contributed by atoms with van der Waals surface area (Å²) < 4.78 is 33.3. The van der Waals surface area contributed by atoms with E-state index in [1.54, 1.807) is 0 Å². The van der Waals surface area contributed by atoms with Gasteiger partial charge in [0.2, 0.25) is 0 Å². The molecule has 8 atom stereocenters. The third kappa shape index (κ3) is 27.9. The van der Waals surface area contributed by atoms with Gasteiger partial charge in [0.15, 0.2) is 6.10 Å². The molecule has 1 saturated carbocycles. The first kappa shape index (κ1) is 54.6. The van der Waals surface area contributed by atoms with Gasteiger partial charge in [-0.3, -0.25) is 18.6 Å². The predicted octanol–water partition coefficient (Wildman–Crippen LogP) is 8.16. The Balaban J connectivity index is 2.52. The van der Waals surface area contributed by atoms with E-state index in [2.05, 4.69) is 56.4 Å². The molecule has 1 aliphatic rings. The number of unbranched alkanes of at least 4 members (excludes halogenated alkanes) is 13. The van der Waals surface area contributed by atoms with Crippen LogP contribution in [0, 0.1) is 0 Å². The predicted molar refractivity (Wildman–Crippen MR) is 230 cm³/mol. The number of aliphatic hydroxyl groups excluding tert-OH is 5. The number of phosphoric ester groups is 1. The number of aliphatic hydroxyl groups is 5. The number of phosphoric acid groups is 1. The van der Waals surface area contributed by atoms with Crippen LogP contribution in [-0.4, -0.2) is 98.3 Å². The van der Waals surface area contributed by atoms with Crippen molar-refractivity contribution in [2.75, 3.05) is 13.2 Å². The largest absolute Gasteiger partial charge is 0.472 e. The molecule has 340 valence electrons. The van der Waals surface area contributed by atoms with Gasteiger partial charge in [0.1, 0.15) is 43.2 Å². The van der Waals surface area contributed by atoms with Gasteiger partial charge in [-0.05, 0) is 51.4 Å². The van der Waals surface area contributed by atoms with Crippen LogP contribution in [0.3, 0.4) is 0 Å². The van der Waals surface area contributed by atoms with Gasteiger partial charge in [-0.15, -0.1) is 0 Å². The van der Waals surface area contributed by atoms with Gasteiger partial charge >= 0.3 is 19.8 Å². The lowest BCUT2D eigenvalue weighted by Gasteiger charge is -2.41. The Morgan fingerprint density at radius 1 is 0.525 bits per heavy atom. The Kier molecular flexibility index (Phi) is 32.5. The summed E-state index contributed by atoms with van der Waals surface area (Å²) in [5.74, 6) is -1.20. The van der Waals surface area contributed by atoms with E-state index in [1.165, 1.54) is 57.8 Å². The molecule has 1 aliphatic carbocycles. The van der Waals surface area contributed by atoms with Crippen molar-refractivity contribution in [2.45, 2.75) is 198 Å². The molecule has 0 amide bonds. The molecule has 0 spiro atoms. The van der Waals surface area contributed by atoms with E-state index in [0.717, 1.165) is 51.4 Å². The summed E-state index contributed by atoms with van der Waals surface area (Å²) >= 11 is 0. The monoisotopic (exact) mass is 857 g/mol. The van der Waals surface area contributed by atoms with E-state index in [1.807, 2.05) is 18.2 Å². The zero-order valence-electron chi connectivity index (χ0n) is 35.8. The van der Waals surface area contributed by atoms with Crippen LogP contribution in [0.4, 0.5) is 0 Å². The van der Waals surface area contributed by atoms with Crippen LogP contribution < -0.4 is 0 Å². The molecule has 0 aliphatic heterocycles. The second-order valence-corrected chi connectivity index (χ2v) is 16.6. The van der Waals surface area contributed by atoms with Crippen molar-refractivity contribution in [3.05, 3.63) is 60.8 Å². The van der Waals surface area contributed by atoms with E-state index < -0.39 is 75.7 Å². The fourth-order valence-electron chi connectivity index (χ4n) is 6.27. The number of esters is 2. The van der Waals surface area contributed by atoms with Gasteiger partial charge in [-0.2, -0.15) is 0 Å². The highest BCUT2D eigenvalue weighted by atomic mass is 31.2. The number of ether oxygens (including phenoxy) is 2. The van der Waals surface area contributed by atoms with Crippen molar-refractivity contribution in [1.29, 1.82) is 0 Å². The van der Waals surface area contributed by atoms with Gasteiger partial charge in [-0.1, -0.05) is 152 Å². The lowest BCUT2D eigenvalue weighted by atomic mass is 9.85. The number of allylic oxidation sites excluding steroid dienone is 10. The maximum Gasteiger partial charge on any atom is 0.472 e. The van der Waals surface area contributed by atoms with Crippen LogP contribution >= 0.6 is 7.82 Å². The number of rotatable bonds is 35. The zero-order valence-corrected chi connectivity index (χ0v) is 36.7. The number of carbonyl (C=O) groups is 2. The van der Waals surface area contributed by atoms with Gasteiger partial charge in [0, 0.05) is 12.8 Å². The highest BCUT2D eigenvalue weighted by Crippen LogP contribution is 2.47. The molecular formula is C45H77O13P. The van der Waals surface area contributed by atoms with E-state index in [9.17, 15) is 44.6 Å². The first-order valence-electron chi connectivity index (χ1n) is 22.1. The van der Waals surface area contributed by atoms with Crippen molar-refractivity contribution in [2.24, 2.45) is 0 Å². The molecule has 0 radical (unpaired) electrons. The van der Waals surface area contributed by atoms with E-state index >= 15 is 0 Å². The first-order chi connectivity index (χ1) is 28.4. The minimum Gasteiger partial charge on any atom is -0.462 e. The van der Waals surface area contributed by atoms with Crippen LogP contribution in [0.1, 0.15) is 155 Å². The van der Waals surface area contributed by atoms with E-state index in [-0.39, 0.29) is 12.8 Å². The molecule has 0 aromatic rings. The van der Waals surface area contributed by atoms with Crippen LogP contribution in [-0.2, 0) is 32.7 Å². The third-order valence-electron chi connectivity index (χ3n) is 9.88. The average Bonchev–Trinajstić information content (AvgIpc) is 3.21. The average molecular weight is 857 g/mol. The quantitative estimate of drug-likeness (QED) is 0.0154. The molecule has 0 aromatic heterocycles. The Labute approximate surface area is 353 Å². The van der Waals surface area contributed by atoms with Gasteiger partial charge in [0.05, 0.1) is 6.61 Å². The molecule has 6 unspecified atom stereocenters. The number of hydrogen-bond donors (Lipinski definition) is 6. The number of carbonyl (C=O) groups excluding carboxylic acids is 2. The van der Waals surface area contributed by atoms with Crippen molar-refractivity contribution >= 4 is 19.8 Å². The van der Waals surface area contributed by atoms with E-state index in [0.29, 0.717) is 19.3 Å². The lowest BCUT2D eigenvalue weighted by Crippen LogP contribution is -2.64. The highest BCUT2D eigenvalue weighted by molar-refractivity contribution is 7.47. The van der Waals surface area contributed by atoms with Crippen LogP contribution in [0.5, 0.6) is 0 Å². The van der Waals surface area contributed by atoms with Crippen LogP contribution in [0.25, 0.3) is 0 Å². The molecule has 1 fully saturated rings. The molecule has 6 N–H and O–H groups in total. The smallest absolute Gasteiger partial charge is 0.462 e. The summed E-state index contributed by atoms with van der Waals surface area (Å²) in [4.78, 5) is 35.5. The second kappa shape index (κ2) is 35.2. The molecule has 59 heavy (non-hydrogen) atoms. The van der Waals surface area contributed by atoms with Crippen molar-refractivity contribution in [3.63, 3.8) is 0 Å². The summed E-state index contributed by atoms with van der Waals surface area (Å²) in [5, 5.41) is 50.0.